The molecule has 0 spiro atoms. The number of rotatable bonds is 5. The molecular weight excluding hydrogens is 366 g/mol. The lowest BCUT2D eigenvalue weighted by molar-refractivity contribution is -0.146. The molecule has 2 aromatic rings. The summed E-state index contributed by atoms with van der Waals surface area (Å²) in [5.41, 5.74) is 1.05. The Morgan fingerprint density at radius 2 is 1.86 bits per heavy atom. The highest BCUT2D eigenvalue weighted by atomic mass is 79.9. The third kappa shape index (κ3) is 4.68. The van der Waals surface area contributed by atoms with E-state index in [9.17, 15) is 9.59 Å². The van der Waals surface area contributed by atoms with Crippen LogP contribution < -0.4 is 5.32 Å². The van der Waals surface area contributed by atoms with Crippen LogP contribution in [0.15, 0.2) is 40.9 Å². The van der Waals surface area contributed by atoms with Crippen molar-refractivity contribution >= 4 is 39.1 Å². The van der Waals surface area contributed by atoms with Crippen molar-refractivity contribution in [2.75, 3.05) is 6.54 Å². The fraction of sp³-hybridized carbons (Fsp3) is 0.250. The van der Waals surface area contributed by atoms with Gasteiger partial charge < -0.3 is 10.1 Å². The zero-order valence-electron chi connectivity index (χ0n) is 12.3. The number of nitrogens with one attached hydrogen (secondary N) is 1. The Hall–Kier alpha value is -1.66. The summed E-state index contributed by atoms with van der Waals surface area (Å²) in [6, 6.07) is 11.5. The first kappa shape index (κ1) is 16.7. The van der Waals surface area contributed by atoms with E-state index in [1.54, 1.807) is 19.9 Å². The van der Waals surface area contributed by atoms with Crippen LogP contribution in [0.1, 0.15) is 23.5 Å². The number of hydrogen-bond donors (Lipinski definition) is 1. The number of halogens is 1. The van der Waals surface area contributed by atoms with Gasteiger partial charge >= 0.3 is 5.97 Å². The average molecular weight is 382 g/mol. The minimum atomic E-state index is -0.437. The average Bonchev–Trinajstić information content (AvgIpc) is 2.94. The quantitative estimate of drug-likeness (QED) is 0.799. The van der Waals surface area contributed by atoms with Crippen LogP contribution in [-0.2, 0) is 9.53 Å². The molecule has 0 bridgehead atoms. The molecule has 0 saturated carbocycles. The van der Waals surface area contributed by atoms with Gasteiger partial charge in [-0.3, -0.25) is 9.59 Å². The van der Waals surface area contributed by atoms with Crippen LogP contribution in [0.5, 0.6) is 0 Å². The van der Waals surface area contributed by atoms with Gasteiger partial charge in [0.2, 0.25) is 0 Å². The van der Waals surface area contributed by atoms with Crippen molar-refractivity contribution in [2.45, 2.75) is 20.0 Å². The van der Waals surface area contributed by atoms with Gasteiger partial charge in [0.15, 0.2) is 0 Å². The molecule has 0 atom stereocenters. The summed E-state index contributed by atoms with van der Waals surface area (Å²) in [6.07, 6.45) is -0.185. The Morgan fingerprint density at radius 3 is 2.50 bits per heavy atom. The standard InChI is InChI=1S/C16H16BrNO3S/c1-10(2)21-15(19)9-18-16(20)14-8-7-13(22-14)11-3-5-12(17)6-4-11/h3-8,10H,9H2,1-2H3,(H,18,20). The van der Waals surface area contributed by atoms with E-state index in [2.05, 4.69) is 21.2 Å². The summed E-state index contributed by atoms with van der Waals surface area (Å²) in [6.45, 7) is 3.41. The van der Waals surface area contributed by atoms with Crippen LogP contribution in [0.2, 0.25) is 0 Å². The highest BCUT2D eigenvalue weighted by molar-refractivity contribution is 9.10. The number of thiophene rings is 1. The second-order valence-corrected chi connectivity index (χ2v) is 6.89. The molecule has 1 aromatic carbocycles. The first-order chi connectivity index (χ1) is 10.5. The van der Waals surface area contributed by atoms with Crippen LogP contribution in [0.3, 0.4) is 0 Å². The summed E-state index contributed by atoms with van der Waals surface area (Å²) >= 11 is 4.78. The lowest BCUT2D eigenvalue weighted by Crippen LogP contribution is -2.31. The van der Waals surface area contributed by atoms with Gasteiger partial charge in [-0.2, -0.15) is 0 Å². The van der Waals surface area contributed by atoms with E-state index in [1.165, 1.54) is 11.3 Å². The zero-order chi connectivity index (χ0) is 16.1. The Labute approximate surface area is 141 Å². The molecule has 0 aliphatic carbocycles. The van der Waals surface area contributed by atoms with Gasteiger partial charge in [-0.1, -0.05) is 28.1 Å². The van der Waals surface area contributed by atoms with E-state index in [1.807, 2.05) is 30.3 Å². The van der Waals surface area contributed by atoms with Crippen molar-refractivity contribution in [1.29, 1.82) is 0 Å². The Kier molecular flexibility index (Phi) is 5.74. The predicted molar refractivity (Wildman–Crippen MR) is 91.0 cm³/mol. The van der Waals surface area contributed by atoms with E-state index < -0.39 is 5.97 Å². The second-order valence-electron chi connectivity index (χ2n) is 4.89. The van der Waals surface area contributed by atoms with Crippen LogP contribution in [-0.4, -0.2) is 24.5 Å². The maximum atomic E-state index is 12.0. The monoisotopic (exact) mass is 381 g/mol. The minimum absolute atomic E-state index is 0.122. The zero-order valence-corrected chi connectivity index (χ0v) is 14.7. The second kappa shape index (κ2) is 7.56. The first-order valence-electron chi connectivity index (χ1n) is 6.79. The molecule has 0 radical (unpaired) electrons. The van der Waals surface area contributed by atoms with Gasteiger partial charge in [0, 0.05) is 9.35 Å². The van der Waals surface area contributed by atoms with Gasteiger partial charge in [-0.25, -0.2) is 0 Å². The van der Waals surface area contributed by atoms with Gasteiger partial charge in [0.05, 0.1) is 11.0 Å². The van der Waals surface area contributed by atoms with E-state index in [4.69, 9.17) is 4.74 Å². The maximum absolute atomic E-state index is 12.0. The lowest BCUT2D eigenvalue weighted by atomic mass is 10.2. The number of hydrogen-bond acceptors (Lipinski definition) is 4. The Bertz CT molecular complexity index is 664. The van der Waals surface area contributed by atoms with Crippen molar-refractivity contribution in [3.05, 3.63) is 45.7 Å². The molecule has 0 aliphatic rings. The number of ether oxygens (including phenoxy) is 1. The van der Waals surface area contributed by atoms with Crippen LogP contribution in [0.4, 0.5) is 0 Å². The largest absolute Gasteiger partial charge is 0.462 e. The molecule has 0 fully saturated rings. The third-order valence-electron chi connectivity index (χ3n) is 2.72. The Balaban J connectivity index is 1.97. The molecule has 1 amide bonds. The molecule has 0 aliphatic heterocycles. The molecule has 1 N–H and O–H groups in total. The minimum Gasteiger partial charge on any atom is -0.462 e. The summed E-state index contributed by atoms with van der Waals surface area (Å²) in [4.78, 5) is 25.0. The number of benzene rings is 1. The number of amides is 1. The molecule has 2 rings (SSSR count). The normalized spacial score (nSPS) is 10.5. The smallest absolute Gasteiger partial charge is 0.325 e. The fourth-order valence-electron chi connectivity index (χ4n) is 1.77. The van der Waals surface area contributed by atoms with Crippen LogP contribution >= 0.6 is 27.3 Å². The molecule has 0 unspecified atom stereocenters. The van der Waals surface area contributed by atoms with Crippen LogP contribution in [0, 0.1) is 0 Å². The highest BCUT2D eigenvalue weighted by Gasteiger charge is 2.12. The van der Waals surface area contributed by atoms with Crippen molar-refractivity contribution in [3.8, 4) is 10.4 Å². The van der Waals surface area contributed by atoms with Gasteiger partial charge in [-0.15, -0.1) is 11.3 Å². The number of carbonyl (C=O) groups is 2. The van der Waals surface area contributed by atoms with Crippen molar-refractivity contribution in [2.24, 2.45) is 0 Å². The molecule has 1 aromatic heterocycles. The Morgan fingerprint density at radius 1 is 1.18 bits per heavy atom. The summed E-state index contributed by atoms with van der Waals surface area (Å²) < 4.78 is 5.98. The fourth-order valence-corrected chi connectivity index (χ4v) is 2.97. The molecule has 116 valence electrons. The summed E-state index contributed by atoms with van der Waals surface area (Å²) in [5.74, 6) is -0.706. The number of esters is 1. The van der Waals surface area contributed by atoms with Crippen molar-refractivity contribution in [3.63, 3.8) is 0 Å². The molecule has 0 saturated heterocycles. The molecule has 6 heteroatoms. The van der Waals surface area contributed by atoms with Crippen molar-refractivity contribution < 1.29 is 14.3 Å². The predicted octanol–water partition coefficient (Wildman–Crippen LogP) is 3.86. The third-order valence-corrected chi connectivity index (χ3v) is 4.38. The number of carbonyl (C=O) groups excluding carboxylic acids is 2. The highest BCUT2D eigenvalue weighted by Crippen LogP contribution is 2.29. The molecular formula is C16H16BrNO3S. The SMILES string of the molecule is CC(C)OC(=O)CNC(=O)c1ccc(-c2ccc(Br)cc2)s1. The lowest BCUT2D eigenvalue weighted by Gasteiger charge is -2.08. The molecule has 22 heavy (non-hydrogen) atoms. The first-order valence-corrected chi connectivity index (χ1v) is 8.40. The van der Waals surface area contributed by atoms with E-state index >= 15 is 0 Å². The molecule has 4 nitrogen and oxygen atoms in total. The van der Waals surface area contributed by atoms with E-state index in [0.29, 0.717) is 4.88 Å². The van der Waals surface area contributed by atoms with Crippen molar-refractivity contribution in [1.82, 2.24) is 5.32 Å². The van der Waals surface area contributed by atoms with Gasteiger partial charge in [0.25, 0.3) is 5.91 Å². The van der Waals surface area contributed by atoms with Crippen LogP contribution in [0.25, 0.3) is 10.4 Å². The van der Waals surface area contributed by atoms with E-state index in [-0.39, 0.29) is 18.6 Å². The summed E-state index contributed by atoms with van der Waals surface area (Å²) in [5, 5.41) is 2.57. The summed E-state index contributed by atoms with van der Waals surface area (Å²) in [7, 11) is 0. The van der Waals surface area contributed by atoms with E-state index in [0.717, 1.165) is 14.9 Å². The topological polar surface area (TPSA) is 55.4 Å². The van der Waals surface area contributed by atoms with Gasteiger partial charge in [-0.05, 0) is 43.7 Å². The maximum Gasteiger partial charge on any atom is 0.325 e. The van der Waals surface area contributed by atoms with Gasteiger partial charge in [0.1, 0.15) is 6.54 Å². The molecule has 1 heterocycles.